The summed E-state index contributed by atoms with van der Waals surface area (Å²) in [5, 5.41) is 12.7. The van der Waals surface area contributed by atoms with E-state index < -0.39 is 12.5 Å². The molecule has 146 heavy (non-hydrogen) atoms. The number of nitrogens with zero attached hydrogens (tertiary/aromatic N) is 1. The van der Waals surface area contributed by atoms with Crippen LogP contribution in [0.3, 0.4) is 0 Å². The topological polar surface area (TPSA) is 101 Å². The average molecular weight is 2110 g/mol. The van der Waals surface area contributed by atoms with E-state index >= 15 is 0 Å². The van der Waals surface area contributed by atoms with Crippen LogP contribution < -0.4 is 32.9 Å². The van der Waals surface area contributed by atoms with Crippen LogP contribution >= 0.6 is 34.8 Å². The summed E-state index contributed by atoms with van der Waals surface area (Å²) in [6.45, 7) is 63.4. The number of allylic oxidation sites excluding steroid dienone is 1. The Hall–Kier alpha value is -12.4. The summed E-state index contributed by atoms with van der Waals surface area (Å²) in [4.78, 5) is 44.1. The second-order valence-electron chi connectivity index (χ2n) is 41.9. The van der Waals surface area contributed by atoms with E-state index in [-0.39, 0.29) is 62.0 Å². The van der Waals surface area contributed by atoms with E-state index in [9.17, 15) is 19.2 Å². The van der Waals surface area contributed by atoms with E-state index in [1.807, 2.05) is 54.6 Å². The van der Waals surface area contributed by atoms with Crippen molar-refractivity contribution in [2.45, 2.75) is 191 Å². The molecule has 15 aromatic rings. The Morgan fingerprint density at radius 3 is 0.692 bits per heavy atom. The molecule has 0 amide bonds. The molecular formula is C135H155Br2ClNO6P. The lowest BCUT2D eigenvalue weighted by molar-refractivity contribution is -0.137. The van der Waals surface area contributed by atoms with Crippen molar-refractivity contribution in [3.05, 3.63) is 480 Å². The van der Waals surface area contributed by atoms with Crippen molar-refractivity contribution >= 4 is 80.6 Å². The molecule has 0 fully saturated rings. The smallest absolute Gasteiger partial charge is 0.330 e. The average Bonchev–Trinajstić information content (AvgIpc) is 0.767. The molecule has 15 rings (SSSR count). The largest absolute Gasteiger partial charge is 1.00 e. The zero-order chi connectivity index (χ0) is 107. The van der Waals surface area contributed by atoms with Crippen LogP contribution in [-0.2, 0) is 59.7 Å². The molecular weight excluding hydrogens is 1960 g/mol. The summed E-state index contributed by atoms with van der Waals surface area (Å²) in [6, 6.07) is 134. The monoisotopic (exact) mass is 2110 g/mol. The van der Waals surface area contributed by atoms with E-state index in [0.29, 0.717) is 24.2 Å². The number of aldehydes is 2. The van der Waals surface area contributed by atoms with Crippen LogP contribution in [0.5, 0.6) is 0 Å². The molecule has 0 saturated heterocycles. The van der Waals surface area contributed by atoms with Crippen molar-refractivity contribution in [3.63, 3.8) is 0 Å². The Kier molecular flexibility index (Phi) is 50.3. The number of aliphatic hydroxyl groups excluding tert-OH is 1. The Balaban J connectivity index is 0.000000255. The number of rotatable bonds is 22. The number of carbonyl (C=O) groups excluding carboxylic acids is 4. The molecule has 0 aromatic heterocycles. The lowest BCUT2D eigenvalue weighted by atomic mass is 9.86. The Bertz CT molecular complexity index is 6020. The van der Waals surface area contributed by atoms with Crippen molar-refractivity contribution in [1.29, 1.82) is 0 Å². The highest BCUT2D eigenvalue weighted by Crippen LogP contribution is 2.51. The van der Waals surface area contributed by atoms with Crippen LogP contribution in [0.15, 0.2) is 419 Å². The minimum atomic E-state index is -1.53. The summed E-state index contributed by atoms with van der Waals surface area (Å²) in [5.41, 5.74) is 28.7. The third-order valence-electron chi connectivity index (χ3n) is 25.0. The number of aliphatic hydroxyl groups is 1. The van der Waals surface area contributed by atoms with Crippen molar-refractivity contribution in [2.24, 2.45) is 0 Å². The highest BCUT2D eigenvalue weighted by Gasteiger charge is 2.40. The van der Waals surface area contributed by atoms with Crippen molar-refractivity contribution < 1.29 is 46.0 Å². The van der Waals surface area contributed by atoms with Gasteiger partial charge in [0.25, 0.3) is 0 Å². The van der Waals surface area contributed by atoms with Crippen LogP contribution in [0.1, 0.15) is 216 Å². The fourth-order valence-electron chi connectivity index (χ4n) is 15.4. The quantitative estimate of drug-likeness (QED) is 0.0237. The first kappa shape index (κ1) is 122. The first-order chi connectivity index (χ1) is 68.8. The summed E-state index contributed by atoms with van der Waals surface area (Å²) >= 11 is 8.16. The van der Waals surface area contributed by atoms with Crippen LogP contribution in [0.2, 0.25) is 0 Å². The summed E-state index contributed by atoms with van der Waals surface area (Å²) in [7, 11) is -1.53. The normalized spacial score (nSPS) is 11.0. The van der Waals surface area contributed by atoms with Crippen LogP contribution in [0, 0.1) is 0 Å². The number of ether oxygens (including phenoxy) is 1. The van der Waals surface area contributed by atoms with Gasteiger partial charge >= 0.3 is 5.97 Å². The van der Waals surface area contributed by atoms with Gasteiger partial charge in [-0.3, -0.25) is 14.4 Å². The summed E-state index contributed by atoms with van der Waals surface area (Å²) in [5.74, 6) is -0.374. The van der Waals surface area contributed by atoms with Gasteiger partial charge in [-0.25, -0.2) is 4.79 Å². The maximum atomic E-state index is 11.0. The fourth-order valence-corrected chi connectivity index (χ4v) is 18.9. The van der Waals surface area contributed by atoms with Gasteiger partial charge in [-0.15, -0.1) is 0 Å². The maximum absolute atomic E-state index is 11.0. The number of hydrogen-bond acceptors (Lipinski definition) is 7. The van der Waals surface area contributed by atoms with E-state index in [0.717, 1.165) is 51.8 Å². The number of hydrogen-bond donors (Lipinski definition) is 1. The van der Waals surface area contributed by atoms with Gasteiger partial charge in [-0.2, -0.15) is 0 Å². The zero-order valence-electron chi connectivity index (χ0n) is 90.3. The van der Waals surface area contributed by atoms with Gasteiger partial charge in [0.05, 0.1) is 13.3 Å². The molecule has 15 aromatic carbocycles. The van der Waals surface area contributed by atoms with Gasteiger partial charge in [0.2, 0.25) is 5.24 Å². The zero-order valence-corrected chi connectivity index (χ0v) is 95.2. The third-order valence-corrected chi connectivity index (χ3v) is 29.7. The first-order valence-electron chi connectivity index (χ1n) is 50.2. The third kappa shape index (κ3) is 40.8. The molecule has 1 N–H and O–H groups in total. The second-order valence-corrected chi connectivity index (χ2v) is 46.8. The molecule has 0 aliphatic rings. The first-order valence-corrected chi connectivity index (χ1v) is 53.6. The van der Waals surface area contributed by atoms with Crippen LogP contribution in [0.4, 0.5) is 0 Å². The number of benzene rings is 15. The SMILES string of the molecule is C=CC(=O)Cl.C=CC(=O)OCCc1ccc(-c2ccc(C(C)(C)C)cc2)cc1.C=Cc1ccc(-c2ccc(C(C)(C)C)cc2)cc1.CC(C)(C)c1ccc(-c2ccc(Br)cc2)cc1.CC(C)(C)c1ccc(-c2ccc(C=O)cc2)cc1.CC(C)(C)c1ccc(-c2ccc(C=O)cc2)cc1.CC(C)(C)c1ccc(-c2ccc(CCO)cc2)cc1.CCN(CC)CC.C[P+](c1ccccc1)(c1ccccc1)c1ccccc1.[Br-]. The summed E-state index contributed by atoms with van der Waals surface area (Å²) in [6.07, 6.45) is 7.27. The molecule has 0 aliphatic carbocycles. The van der Waals surface area contributed by atoms with Gasteiger partial charge in [-0.05, 0) is 242 Å². The standard InChI is InChI=1S/C21H24O2.C19H18P.C18H22O.C18H20.2C17H18O.C16H17Br.C6H15N.C3H3ClO.BrH/c1-5-20(22)23-15-14-16-6-8-17(9-7-16)18-10-12-19(13-11-18)21(2,3)4;1-20(17-11-5-2-6-12-17,18-13-7-3-8-14-18)19-15-9-4-10-16-19;1-18(2,3)17-10-8-16(9-11-17)15-6-4-14(5-7-15)12-13-19;1-5-14-6-8-15(9-7-14)16-10-12-17(13-11-16)18(2,3)4;2*1-17(2,3)16-10-8-15(9-11-16)14-6-4-13(12-18)5-7-14;1-16(2,3)14-8-4-12(5-9-14)13-6-10-15(17)11-7-13;1-4-7(5-2)6-3;1-2-3(4)5;/h5-13H,1,14-15H2,2-4H3;2-16H,1H3;4-11,19H,12-13H2,1-3H3;5-13H,1H2,2-4H3;2*4-12H,1-3H3;4-11H,1-3H3;4-6H2,1-3H3;2H,1H2;1H/q;+1;;;;;;;;/p-1. The van der Waals surface area contributed by atoms with Gasteiger partial charge < -0.3 is 31.7 Å². The van der Waals surface area contributed by atoms with E-state index in [1.165, 1.54) is 136 Å². The minimum absolute atomic E-state index is 0. The Morgan fingerprint density at radius 2 is 0.514 bits per heavy atom. The molecule has 11 heteroatoms. The lowest BCUT2D eigenvalue weighted by Crippen LogP contribution is -3.00. The van der Waals surface area contributed by atoms with Gasteiger partial charge in [0.1, 0.15) is 35.7 Å². The lowest BCUT2D eigenvalue weighted by Gasteiger charge is -2.22. The highest BCUT2D eigenvalue weighted by molar-refractivity contribution is 9.10. The molecule has 0 saturated carbocycles. The van der Waals surface area contributed by atoms with Gasteiger partial charge in [0.15, 0.2) is 0 Å². The van der Waals surface area contributed by atoms with E-state index in [2.05, 4.69) is 526 Å². The summed E-state index contributed by atoms with van der Waals surface area (Å²) < 4.78 is 6.12. The molecule has 0 atom stereocenters. The van der Waals surface area contributed by atoms with E-state index in [1.54, 1.807) is 0 Å². The minimum Gasteiger partial charge on any atom is -1.00 e. The molecule has 0 aliphatic heterocycles. The van der Waals surface area contributed by atoms with E-state index in [4.69, 9.17) is 21.4 Å². The number of halogens is 3. The molecule has 0 bridgehead atoms. The Morgan fingerprint density at radius 1 is 0.315 bits per heavy atom. The highest BCUT2D eigenvalue weighted by atomic mass is 79.9. The molecule has 0 heterocycles. The van der Waals surface area contributed by atoms with Crippen molar-refractivity contribution in [2.75, 3.05) is 39.5 Å². The second kappa shape index (κ2) is 60.0. The van der Waals surface area contributed by atoms with Crippen molar-refractivity contribution in [3.8, 4) is 66.8 Å². The molecule has 762 valence electrons. The van der Waals surface area contributed by atoms with Crippen molar-refractivity contribution in [1.82, 2.24) is 4.90 Å². The number of carbonyl (C=O) groups is 4. The Labute approximate surface area is 901 Å². The fraction of sp³-hybridized carbons (Fsp3) is 0.259. The van der Waals surface area contributed by atoms with Gasteiger partial charge in [0, 0.05) is 34.7 Å². The van der Waals surface area contributed by atoms with Gasteiger partial charge in [-0.1, -0.05) is 521 Å². The number of esters is 1. The van der Waals surface area contributed by atoms with Crippen LogP contribution in [-0.4, -0.2) is 73.3 Å². The van der Waals surface area contributed by atoms with Crippen LogP contribution in [0.25, 0.3) is 72.8 Å². The maximum Gasteiger partial charge on any atom is 0.330 e. The predicted molar refractivity (Wildman–Crippen MR) is 633 cm³/mol. The predicted octanol–water partition coefficient (Wildman–Crippen LogP) is 31.6. The molecule has 0 spiro atoms. The molecule has 0 radical (unpaired) electrons. The molecule has 7 nitrogen and oxygen atoms in total. The molecule has 0 unspecified atom stereocenters.